The molecule has 8 rings (SSSR count). The highest BCUT2D eigenvalue weighted by Gasteiger charge is 2.35. The molecule has 0 unspecified atom stereocenters. The van der Waals surface area contributed by atoms with Crippen molar-refractivity contribution in [2.75, 3.05) is 0 Å². The molecule has 0 fully saturated rings. The molecule has 0 bridgehead atoms. The van der Waals surface area contributed by atoms with Crippen molar-refractivity contribution in [3.8, 4) is 67.5 Å². The maximum absolute atomic E-state index is 12.4. The Labute approximate surface area is 382 Å². The minimum absolute atomic E-state index is 0.0124. The minimum atomic E-state index is -0.138. The normalized spacial score (nSPS) is 12.5. The third-order valence-electron chi connectivity index (χ3n) is 13.8. The number of hydrogen-bond acceptors (Lipinski definition) is 3. The van der Waals surface area contributed by atoms with Gasteiger partial charge in [0.25, 0.3) is 0 Å². The topological polar surface area (TPSA) is 50.9 Å². The first kappa shape index (κ1) is 44.4. The van der Waals surface area contributed by atoms with Crippen LogP contribution in [0.25, 0.3) is 72.7 Å². The fraction of sp³-hybridized carbons (Fsp3) is 0.300. The number of pyridine rings is 1. The summed E-state index contributed by atoms with van der Waals surface area (Å²) in [4.78, 5) is 10.6. The number of hydrogen-bond donors (Lipinski definition) is 1. The number of phenols is 1. The number of benzene rings is 6. The van der Waals surface area contributed by atoms with Crippen molar-refractivity contribution < 1.29 is 5.11 Å². The zero-order valence-electron chi connectivity index (χ0n) is 40.2. The van der Waals surface area contributed by atoms with Crippen molar-refractivity contribution in [3.05, 3.63) is 167 Å². The number of imidazole rings is 1. The van der Waals surface area contributed by atoms with Gasteiger partial charge in [-0.1, -0.05) is 174 Å². The monoisotopic (exact) mass is 844 g/mol. The van der Waals surface area contributed by atoms with Crippen molar-refractivity contribution in [1.82, 2.24) is 14.5 Å². The number of aromatic hydroxyl groups is 1. The van der Waals surface area contributed by atoms with Crippen LogP contribution in [-0.2, 0) is 10.8 Å². The summed E-state index contributed by atoms with van der Waals surface area (Å²) in [5.74, 6) is 1.35. The summed E-state index contributed by atoms with van der Waals surface area (Å²) >= 11 is 0. The Balaban J connectivity index is 1.45. The molecule has 0 atom stereocenters. The third kappa shape index (κ3) is 8.31. The molecule has 8 aromatic rings. The summed E-state index contributed by atoms with van der Waals surface area (Å²) < 4.78 is 2.30. The molecule has 6 aromatic carbocycles. The fourth-order valence-corrected chi connectivity index (χ4v) is 8.66. The van der Waals surface area contributed by atoms with Gasteiger partial charge in [0.05, 0.1) is 28.0 Å². The van der Waals surface area contributed by atoms with Gasteiger partial charge in [-0.25, -0.2) is 4.98 Å². The number of phenolic OH excluding ortho intramolecular Hbond substituents is 1. The summed E-state index contributed by atoms with van der Waals surface area (Å²) in [6.07, 6.45) is 1.92. The van der Waals surface area contributed by atoms with E-state index in [1.54, 1.807) is 0 Å². The number of nitrogens with zero attached hydrogens (tertiary/aromatic N) is 3. The van der Waals surface area contributed by atoms with E-state index in [9.17, 15) is 5.11 Å². The maximum atomic E-state index is 12.4. The zero-order valence-corrected chi connectivity index (χ0v) is 40.2. The first-order valence-corrected chi connectivity index (χ1v) is 23.0. The number of rotatable bonds is 9. The highest BCUT2D eigenvalue weighted by atomic mass is 16.3. The van der Waals surface area contributed by atoms with Crippen LogP contribution in [0.5, 0.6) is 5.75 Å². The lowest BCUT2D eigenvalue weighted by molar-refractivity contribution is 0.225. The number of fused-ring (bicyclic) bond motifs is 1. The molecule has 0 aliphatic rings. The molecule has 0 spiro atoms. The summed E-state index contributed by atoms with van der Waals surface area (Å²) in [6, 6.07) is 48.4. The molecular weight excluding hydrogens is 779 g/mol. The Bertz CT molecular complexity index is 2990. The van der Waals surface area contributed by atoms with E-state index in [1.807, 2.05) is 6.20 Å². The van der Waals surface area contributed by atoms with Crippen molar-refractivity contribution >= 4 is 11.0 Å². The molecule has 1 N–H and O–H groups in total. The maximum Gasteiger partial charge on any atom is 0.149 e. The quantitative estimate of drug-likeness (QED) is 0.157. The van der Waals surface area contributed by atoms with Gasteiger partial charge in [-0.15, -0.1) is 0 Å². The second-order valence-corrected chi connectivity index (χ2v) is 21.1. The van der Waals surface area contributed by atoms with Crippen LogP contribution < -0.4 is 0 Å². The molecule has 0 amide bonds. The lowest BCUT2D eigenvalue weighted by Crippen LogP contribution is -2.34. The Morgan fingerprint density at radius 3 is 1.91 bits per heavy atom. The highest BCUT2D eigenvalue weighted by molar-refractivity contribution is 5.98. The van der Waals surface area contributed by atoms with Gasteiger partial charge in [0, 0.05) is 22.9 Å². The van der Waals surface area contributed by atoms with Crippen molar-refractivity contribution in [2.24, 2.45) is 5.41 Å². The largest absolute Gasteiger partial charge is 0.507 e. The number of aryl methyl sites for hydroxylation is 1. The zero-order chi connectivity index (χ0) is 45.9. The fourth-order valence-electron chi connectivity index (χ4n) is 8.66. The summed E-state index contributed by atoms with van der Waals surface area (Å²) in [7, 11) is 0. The van der Waals surface area contributed by atoms with Crippen LogP contribution in [0.4, 0.5) is 0 Å². The smallest absolute Gasteiger partial charge is 0.149 e. The summed E-state index contributed by atoms with van der Waals surface area (Å²) in [5, 5.41) is 12.4. The lowest BCUT2D eigenvalue weighted by atomic mass is 9.65. The van der Waals surface area contributed by atoms with E-state index in [0.29, 0.717) is 5.82 Å². The molecule has 64 heavy (non-hydrogen) atoms. The average molecular weight is 844 g/mol. The van der Waals surface area contributed by atoms with E-state index in [4.69, 9.17) is 9.97 Å². The molecule has 0 saturated carbocycles. The Kier molecular flexibility index (Phi) is 11.6. The molecule has 2 heterocycles. The molecule has 4 nitrogen and oxygen atoms in total. The van der Waals surface area contributed by atoms with Crippen LogP contribution >= 0.6 is 0 Å². The second kappa shape index (κ2) is 16.7. The van der Waals surface area contributed by atoms with Crippen LogP contribution in [0, 0.1) is 12.3 Å². The van der Waals surface area contributed by atoms with E-state index in [1.165, 1.54) is 27.8 Å². The SMILES string of the molecule is Cc1ccc(-c2ccnc(-c3cc(-c4cccc5c4nc(-c4cc(C(C)C)cc(C(C)C)c4O)n5-c4ccc(C(C)(C)C(C)(C)C)cc4-c4ccccc4)cc(C(C)(C)C)c3)c2)cc1. The second-order valence-electron chi connectivity index (χ2n) is 21.1. The van der Waals surface area contributed by atoms with Crippen LogP contribution in [0.3, 0.4) is 0 Å². The number of para-hydroxylation sites is 1. The van der Waals surface area contributed by atoms with Crippen LogP contribution in [0.2, 0.25) is 0 Å². The molecule has 2 aromatic heterocycles. The molecule has 326 valence electrons. The molecule has 0 radical (unpaired) electrons. The Morgan fingerprint density at radius 1 is 0.547 bits per heavy atom. The highest BCUT2D eigenvalue weighted by Crippen LogP contribution is 2.47. The Hall–Kier alpha value is -6.26. The van der Waals surface area contributed by atoms with Gasteiger partial charge < -0.3 is 5.11 Å². The van der Waals surface area contributed by atoms with Crippen molar-refractivity contribution in [3.63, 3.8) is 0 Å². The van der Waals surface area contributed by atoms with Crippen LogP contribution in [0.15, 0.2) is 140 Å². The van der Waals surface area contributed by atoms with Crippen molar-refractivity contribution in [1.29, 1.82) is 0 Å². The summed E-state index contributed by atoms with van der Waals surface area (Å²) in [5.41, 5.74) is 17.8. The standard InChI is InChI=1S/C60H65N3O/c1-37(2)43-33-49(38(3)4)56(64)51(34-43)57-62-55-48(44-30-45(32-47(31-44)58(6,7)8)52-35-42(28-29-61-52)40-24-22-39(5)23-25-40)20-17-21-54(55)63(57)53-27-26-46(60(12,13)59(9,10)11)36-50(53)41-18-15-14-16-19-41/h14-38,64H,1-13H3. The van der Waals surface area contributed by atoms with Gasteiger partial charge >= 0.3 is 0 Å². The van der Waals surface area contributed by atoms with Crippen molar-refractivity contribution in [2.45, 2.75) is 113 Å². The number of aromatic nitrogens is 3. The van der Waals surface area contributed by atoms with Gasteiger partial charge in [-0.2, -0.15) is 0 Å². The predicted octanol–water partition coefficient (Wildman–Crippen LogP) is 16.6. The third-order valence-corrected chi connectivity index (χ3v) is 13.8. The van der Waals surface area contributed by atoms with Gasteiger partial charge in [0.15, 0.2) is 0 Å². The van der Waals surface area contributed by atoms with Gasteiger partial charge in [-0.05, 0) is 128 Å². The van der Waals surface area contributed by atoms with Crippen LogP contribution in [-0.4, -0.2) is 19.6 Å². The van der Waals surface area contributed by atoms with Gasteiger partial charge in [0.1, 0.15) is 11.6 Å². The van der Waals surface area contributed by atoms with E-state index < -0.39 is 0 Å². The molecular formula is C60H65N3O. The first-order chi connectivity index (χ1) is 30.2. The minimum Gasteiger partial charge on any atom is -0.507 e. The molecule has 0 aliphatic heterocycles. The average Bonchev–Trinajstić information content (AvgIpc) is 3.65. The predicted molar refractivity (Wildman–Crippen MR) is 272 cm³/mol. The molecule has 4 heteroatoms. The van der Waals surface area contributed by atoms with Gasteiger partial charge in [0.2, 0.25) is 0 Å². The summed E-state index contributed by atoms with van der Waals surface area (Å²) in [6.45, 7) is 29.3. The Morgan fingerprint density at radius 2 is 1.25 bits per heavy atom. The van der Waals surface area contributed by atoms with E-state index in [2.05, 4.69) is 228 Å². The van der Waals surface area contributed by atoms with Crippen LogP contribution in [0.1, 0.15) is 123 Å². The molecule has 0 saturated heterocycles. The van der Waals surface area contributed by atoms with E-state index in [0.717, 1.165) is 66.9 Å². The van der Waals surface area contributed by atoms with E-state index in [-0.39, 0.29) is 33.8 Å². The first-order valence-electron chi connectivity index (χ1n) is 23.0. The van der Waals surface area contributed by atoms with E-state index >= 15 is 0 Å². The van der Waals surface area contributed by atoms with Gasteiger partial charge in [-0.3, -0.25) is 9.55 Å². The molecule has 0 aliphatic carbocycles. The lowest BCUT2D eigenvalue weighted by Gasteiger charge is -2.40.